The number of aryl methyl sites for hydroxylation is 1. The molecule has 2 heteroatoms. The third-order valence-corrected chi connectivity index (χ3v) is 4.13. The van der Waals surface area contributed by atoms with E-state index in [1.807, 2.05) is 11.3 Å². The molecule has 2 aromatic rings. The van der Waals surface area contributed by atoms with E-state index >= 15 is 0 Å². The molecule has 0 aliphatic carbocycles. The monoisotopic (exact) mass is 259 g/mol. The fraction of sp³-hybridized carbons (Fsp3) is 0.375. The number of thiophene rings is 1. The van der Waals surface area contributed by atoms with Crippen LogP contribution in [0.4, 0.5) is 0 Å². The second kappa shape index (κ2) is 6.17. The first kappa shape index (κ1) is 13.3. The maximum atomic E-state index is 3.52. The lowest BCUT2D eigenvalue weighted by atomic mass is 10.0. The molecule has 1 unspecified atom stereocenters. The molecular formula is C16H21NS. The van der Waals surface area contributed by atoms with Crippen LogP contribution in [0.15, 0.2) is 35.7 Å². The number of hydrogen-bond acceptors (Lipinski definition) is 2. The van der Waals surface area contributed by atoms with Crippen LogP contribution in [0.25, 0.3) is 11.1 Å². The quantitative estimate of drug-likeness (QED) is 0.814. The zero-order valence-electron chi connectivity index (χ0n) is 11.4. The molecule has 0 amide bonds. The highest BCUT2D eigenvalue weighted by molar-refractivity contribution is 7.10. The van der Waals surface area contributed by atoms with Gasteiger partial charge in [0.15, 0.2) is 0 Å². The summed E-state index contributed by atoms with van der Waals surface area (Å²) in [5.74, 6) is 0. The predicted octanol–water partition coefficient (Wildman–Crippen LogP) is 4.78. The minimum atomic E-state index is 0.433. The van der Waals surface area contributed by atoms with Gasteiger partial charge >= 0.3 is 0 Å². The van der Waals surface area contributed by atoms with Crippen molar-refractivity contribution in [2.24, 2.45) is 0 Å². The zero-order chi connectivity index (χ0) is 13.0. The minimum Gasteiger partial charge on any atom is -0.310 e. The number of nitrogens with one attached hydrogen (secondary N) is 1. The van der Waals surface area contributed by atoms with Crippen LogP contribution in [0.2, 0.25) is 0 Å². The molecule has 1 nitrogen and oxygen atoms in total. The molecule has 0 bridgehead atoms. The molecule has 0 fully saturated rings. The van der Waals surface area contributed by atoms with Crippen LogP contribution in [0.5, 0.6) is 0 Å². The van der Waals surface area contributed by atoms with E-state index in [2.05, 4.69) is 61.8 Å². The van der Waals surface area contributed by atoms with Gasteiger partial charge in [-0.05, 0) is 54.9 Å². The van der Waals surface area contributed by atoms with Gasteiger partial charge in [0.25, 0.3) is 0 Å². The third-order valence-electron chi connectivity index (χ3n) is 3.28. The Balaban J connectivity index is 2.13. The summed E-state index contributed by atoms with van der Waals surface area (Å²) in [4.78, 5) is 1.39. The van der Waals surface area contributed by atoms with Crippen LogP contribution >= 0.6 is 11.3 Å². The maximum absolute atomic E-state index is 3.52. The van der Waals surface area contributed by atoms with E-state index in [1.54, 1.807) is 0 Å². The van der Waals surface area contributed by atoms with Crippen molar-refractivity contribution in [2.75, 3.05) is 6.54 Å². The summed E-state index contributed by atoms with van der Waals surface area (Å²) >= 11 is 1.81. The molecule has 0 saturated carbocycles. The van der Waals surface area contributed by atoms with Gasteiger partial charge in [-0.25, -0.2) is 0 Å². The van der Waals surface area contributed by atoms with Crippen LogP contribution in [-0.4, -0.2) is 6.54 Å². The Morgan fingerprint density at radius 1 is 1.17 bits per heavy atom. The Morgan fingerprint density at radius 2 is 1.89 bits per heavy atom. The Labute approximate surface area is 114 Å². The molecular weight excluding hydrogens is 238 g/mol. The molecule has 1 atom stereocenters. The third kappa shape index (κ3) is 3.01. The van der Waals surface area contributed by atoms with E-state index in [0.29, 0.717) is 6.04 Å². The molecule has 0 radical (unpaired) electrons. The average molecular weight is 259 g/mol. The van der Waals surface area contributed by atoms with Crippen molar-refractivity contribution in [2.45, 2.75) is 33.2 Å². The predicted molar refractivity (Wildman–Crippen MR) is 81.2 cm³/mol. The van der Waals surface area contributed by atoms with Crippen molar-refractivity contribution in [1.29, 1.82) is 0 Å². The molecule has 1 heterocycles. The zero-order valence-corrected chi connectivity index (χ0v) is 12.2. The van der Waals surface area contributed by atoms with Gasteiger partial charge in [0.2, 0.25) is 0 Å². The number of hydrogen-bond donors (Lipinski definition) is 1. The lowest BCUT2D eigenvalue weighted by molar-refractivity contribution is 0.571. The van der Waals surface area contributed by atoms with E-state index in [9.17, 15) is 0 Å². The minimum absolute atomic E-state index is 0.433. The fourth-order valence-electron chi connectivity index (χ4n) is 2.11. The maximum Gasteiger partial charge on any atom is 0.0291 e. The Kier molecular flexibility index (Phi) is 4.56. The van der Waals surface area contributed by atoms with Gasteiger partial charge < -0.3 is 5.32 Å². The van der Waals surface area contributed by atoms with Crippen LogP contribution in [0, 0.1) is 6.92 Å². The van der Waals surface area contributed by atoms with Crippen LogP contribution < -0.4 is 5.32 Å². The molecule has 0 aliphatic rings. The summed E-state index contributed by atoms with van der Waals surface area (Å²) in [7, 11) is 0. The highest BCUT2D eigenvalue weighted by atomic mass is 32.1. The van der Waals surface area contributed by atoms with Crippen molar-refractivity contribution in [3.63, 3.8) is 0 Å². The van der Waals surface area contributed by atoms with Gasteiger partial charge in [-0.3, -0.25) is 0 Å². The number of benzene rings is 1. The van der Waals surface area contributed by atoms with Crippen molar-refractivity contribution < 1.29 is 0 Å². The Hall–Kier alpha value is -1.12. The van der Waals surface area contributed by atoms with Gasteiger partial charge in [0, 0.05) is 10.9 Å². The highest BCUT2D eigenvalue weighted by Gasteiger charge is 2.06. The van der Waals surface area contributed by atoms with E-state index < -0.39 is 0 Å². The van der Waals surface area contributed by atoms with Gasteiger partial charge in [0.1, 0.15) is 0 Å². The summed E-state index contributed by atoms with van der Waals surface area (Å²) in [6.45, 7) is 7.68. The largest absolute Gasteiger partial charge is 0.310 e. The lowest BCUT2D eigenvalue weighted by Crippen LogP contribution is -2.19. The molecule has 0 aliphatic heterocycles. The van der Waals surface area contributed by atoms with Crippen molar-refractivity contribution in [3.8, 4) is 11.1 Å². The summed E-state index contributed by atoms with van der Waals surface area (Å²) in [6.07, 6.45) is 1.18. The van der Waals surface area contributed by atoms with Crippen LogP contribution in [0.3, 0.4) is 0 Å². The summed E-state index contributed by atoms with van der Waals surface area (Å²) in [6, 6.07) is 11.6. The summed E-state index contributed by atoms with van der Waals surface area (Å²) < 4.78 is 0. The van der Waals surface area contributed by atoms with Crippen molar-refractivity contribution in [3.05, 3.63) is 46.2 Å². The molecule has 18 heavy (non-hydrogen) atoms. The van der Waals surface area contributed by atoms with Crippen LogP contribution in [-0.2, 0) is 0 Å². The molecule has 1 N–H and O–H groups in total. The Bertz CT molecular complexity index is 484. The van der Waals surface area contributed by atoms with E-state index in [1.165, 1.54) is 28.0 Å². The van der Waals surface area contributed by atoms with Gasteiger partial charge in [-0.2, -0.15) is 0 Å². The van der Waals surface area contributed by atoms with Crippen molar-refractivity contribution >= 4 is 11.3 Å². The molecule has 96 valence electrons. The Morgan fingerprint density at radius 3 is 2.44 bits per heavy atom. The van der Waals surface area contributed by atoms with Crippen molar-refractivity contribution in [1.82, 2.24) is 5.32 Å². The summed E-state index contributed by atoms with van der Waals surface area (Å²) in [5.41, 5.74) is 4.04. The second-order valence-electron chi connectivity index (χ2n) is 4.69. The first-order valence-corrected chi connectivity index (χ1v) is 7.48. The first-order chi connectivity index (χ1) is 8.72. The topological polar surface area (TPSA) is 12.0 Å². The highest BCUT2D eigenvalue weighted by Crippen LogP contribution is 2.28. The summed E-state index contributed by atoms with van der Waals surface area (Å²) in [5, 5.41) is 5.67. The molecule has 2 rings (SSSR count). The fourth-order valence-corrected chi connectivity index (χ4v) is 2.84. The SMILES string of the molecule is CCCNC(C)c1ccc(-c2ccsc2C)cc1. The van der Waals surface area contributed by atoms with E-state index in [-0.39, 0.29) is 0 Å². The normalized spacial score (nSPS) is 12.6. The lowest BCUT2D eigenvalue weighted by Gasteiger charge is -2.14. The van der Waals surface area contributed by atoms with Gasteiger partial charge in [0.05, 0.1) is 0 Å². The standard InChI is InChI=1S/C16H21NS/c1-4-10-17-12(2)14-5-7-15(8-6-14)16-9-11-18-13(16)3/h5-9,11-12,17H,4,10H2,1-3H3. The van der Waals surface area contributed by atoms with Gasteiger partial charge in [-0.15, -0.1) is 11.3 Å². The molecule has 1 aromatic heterocycles. The smallest absolute Gasteiger partial charge is 0.0291 e. The van der Waals surface area contributed by atoms with Crippen LogP contribution in [0.1, 0.15) is 36.8 Å². The average Bonchev–Trinajstić information content (AvgIpc) is 2.82. The first-order valence-electron chi connectivity index (χ1n) is 6.60. The molecule has 1 aromatic carbocycles. The molecule has 0 spiro atoms. The van der Waals surface area contributed by atoms with Gasteiger partial charge in [-0.1, -0.05) is 31.2 Å². The molecule has 0 saturated heterocycles. The second-order valence-corrected chi connectivity index (χ2v) is 5.81. The number of rotatable bonds is 5. The van der Waals surface area contributed by atoms with E-state index in [0.717, 1.165) is 6.54 Å². The van der Waals surface area contributed by atoms with E-state index in [4.69, 9.17) is 0 Å².